The van der Waals surface area contributed by atoms with Crippen LogP contribution in [0.1, 0.15) is 34.5 Å². The van der Waals surface area contributed by atoms with E-state index in [0.717, 1.165) is 5.56 Å². The molecule has 5 heteroatoms. The summed E-state index contributed by atoms with van der Waals surface area (Å²) in [6.45, 7) is 1.85. The van der Waals surface area contributed by atoms with Gasteiger partial charge >= 0.3 is 0 Å². The van der Waals surface area contributed by atoms with Crippen molar-refractivity contribution in [2.24, 2.45) is 7.05 Å². The van der Waals surface area contributed by atoms with Gasteiger partial charge in [-0.1, -0.05) is 12.1 Å². The van der Waals surface area contributed by atoms with Crippen LogP contribution >= 0.6 is 0 Å². The average molecular weight is 281 g/mol. The van der Waals surface area contributed by atoms with E-state index in [9.17, 15) is 9.59 Å². The molecule has 0 aliphatic rings. The SMILES string of the molecule is CC(NC(=O)c1ccn(C)c(=O)c1)c1ccc(C#N)cc1. The fourth-order valence-electron chi connectivity index (χ4n) is 1.90. The number of aryl methyl sites for hydroxylation is 1. The van der Waals surface area contributed by atoms with Gasteiger partial charge in [0.05, 0.1) is 17.7 Å². The lowest BCUT2D eigenvalue weighted by molar-refractivity contribution is 0.0939. The summed E-state index contributed by atoms with van der Waals surface area (Å²) >= 11 is 0. The zero-order valence-corrected chi connectivity index (χ0v) is 11.8. The summed E-state index contributed by atoms with van der Waals surface area (Å²) < 4.78 is 1.40. The molecule has 0 radical (unpaired) electrons. The molecule has 0 saturated carbocycles. The number of hydrogen-bond acceptors (Lipinski definition) is 3. The molecule has 1 atom stereocenters. The fourth-order valence-corrected chi connectivity index (χ4v) is 1.90. The standard InChI is InChI=1S/C16H15N3O2/c1-11(13-5-3-12(10-17)4-6-13)18-16(21)14-7-8-19(2)15(20)9-14/h3-9,11H,1-2H3,(H,18,21). The normalized spacial score (nSPS) is 11.5. The highest BCUT2D eigenvalue weighted by molar-refractivity contribution is 5.94. The maximum atomic E-state index is 12.1. The minimum absolute atomic E-state index is 0.214. The minimum atomic E-state index is -0.301. The molecule has 0 spiro atoms. The Morgan fingerprint density at radius 1 is 1.29 bits per heavy atom. The molecule has 1 aromatic carbocycles. The number of carbonyl (C=O) groups excluding carboxylic acids is 1. The molecular formula is C16H15N3O2. The number of pyridine rings is 1. The molecule has 0 saturated heterocycles. The van der Waals surface area contributed by atoms with Crippen molar-refractivity contribution in [3.8, 4) is 6.07 Å². The second-order valence-corrected chi connectivity index (χ2v) is 4.79. The van der Waals surface area contributed by atoms with E-state index in [1.165, 1.54) is 10.6 Å². The number of carbonyl (C=O) groups is 1. The maximum absolute atomic E-state index is 12.1. The highest BCUT2D eigenvalue weighted by Gasteiger charge is 2.12. The molecule has 1 amide bonds. The van der Waals surface area contributed by atoms with Crippen LogP contribution in [-0.4, -0.2) is 10.5 Å². The van der Waals surface area contributed by atoms with E-state index in [-0.39, 0.29) is 17.5 Å². The van der Waals surface area contributed by atoms with Crippen molar-refractivity contribution in [2.75, 3.05) is 0 Å². The third kappa shape index (κ3) is 3.37. The Kier molecular flexibility index (Phi) is 4.19. The van der Waals surface area contributed by atoms with Gasteiger partial charge in [-0.2, -0.15) is 5.26 Å². The molecule has 0 aliphatic heterocycles. The van der Waals surface area contributed by atoms with Crippen molar-refractivity contribution in [3.05, 3.63) is 69.6 Å². The van der Waals surface area contributed by atoms with Gasteiger partial charge in [-0.05, 0) is 30.7 Å². The maximum Gasteiger partial charge on any atom is 0.252 e. The molecule has 0 fully saturated rings. The number of nitrogens with zero attached hydrogens (tertiary/aromatic N) is 2. The predicted molar refractivity (Wildman–Crippen MR) is 78.7 cm³/mol. The molecule has 1 aromatic heterocycles. The van der Waals surface area contributed by atoms with E-state index in [1.807, 2.05) is 13.0 Å². The van der Waals surface area contributed by atoms with E-state index in [2.05, 4.69) is 5.32 Å². The first kappa shape index (κ1) is 14.5. The molecular weight excluding hydrogens is 266 g/mol. The van der Waals surface area contributed by atoms with E-state index in [1.54, 1.807) is 43.6 Å². The predicted octanol–water partition coefficient (Wildman–Crippen LogP) is 1.75. The molecule has 1 unspecified atom stereocenters. The fraction of sp³-hybridized carbons (Fsp3) is 0.188. The lowest BCUT2D eigenvalue weighted by atomic mass is 10.1. The van der Waals surface area contributed by atoms with Gasteiger partial charge in [0.25, 0.3) is 11.5 Å². The second-order valence-electron chi connectivity index (χ2n) is 4.79. The summed E-state index contributed by atoms with van der Waals surface area (Å²) in [6, 6.07) is 11.7. The van der Waals surface area contributed by atoms with Crippen molar-refractivity contribution in [2.45, 2.75) is 13.0 Å². The number of nitriles is 1. The molecule has 106 valence electrons. The first-order chi connectivity index (χ1) is 10.0. The summed E-state index contributed by atoms with van der Waals surface area (Å²) in [5.74, 6) is -0.301. The Morgan fingerprint density at radius 3 is 2.52 bits per heavy atom. The summed E-state index contributed by atoms with van der Waals surface area (Å²) in [6.07, 6.45) is 1.56. The van der Waals surface area contributed by atoms with Gasteiger partial charge in [-0.25, -0.2) is 0 Å². The van der Waals surface area contributed by atoms with Gasteiger partial charge in [0.1, 0.15) is 0 Å². The van der Waals surface area contributed by atoms with Crippen LogP contribution in [0.4, 0.5) is 0 Å². The number of nitrogens with one attached hydrogen (secondary N) is 1. The summed E-state index contributed by atoms with van der Waals surface area (Å²) in [7, 11) is 1.63. The summed E-state index contributed by atoms with van der Waals surface area (Å²) in [5.41, 5.74) is 1.57. The van der Waals surface area contributed by atoms with Crippen LogP contribution in [0.5, 0.6) is 0 Å². The van der Waals surface area contributed by atoms with E-state index < -0.39 is 0 Å². The van der Waals surface area contributed by atoms with E-state index >= 15 is 0 Å². The van der Waals surface area contributed by atoms with Crippen molar-refractivity contribution >= 4 is 5.91 Å². The van der Waals surface area contributed by atoms with Crippen LogP contribution in [-0.2, 0) is 7.05 Å². The van der Waals surface area contributed by atoms with Gasteiger partial charge in [-0.3, -0.25) is 9.59 Å². The Hall–Kier alpha value is -2.87. The molecule has 0 bridgehead atoms. The van der Waals surface area contributed by atoms with Gasteiger partial charge in [0.2, 0.25) is 0 Å². The van der Waals surface area contributed by atoms with Crippen LogP contribution < -0.4 is 10.9 Å². The van der Waals surface area contributed by atoms with Crippen LogP contribution in [0.15, 0.2) is 47.4 Å². The molecule has 2 rings (SSSR count). The number of rotatable bonds is 3. The molecule has 21 heavy (non-hydrogen) atoms. The number of amides is 1. The van der Waals surface area contributed by atoms with E-state index in [4.69, 9.17) is 5.26 Å². The van der Waals surface area contributed by atoms with Crippen molar-refractivity contribution in [3.63, 3.8) is 0 Å². The molecule has 1 heterocycles. The molecule has 2 aromatic rings. The Balaban J connectivity index is 2.12. The van der Waals surface area contributed by atoms with Crippen LogP contribution in [0.2, 0.25) is 0 Å². The van der Waals surface area contributed by atoms with Gasteiger partial charge in [0.15, 0.2) is 0 Å². The quantitative estimate of drug-likeness (QED) is 0.931. The van der Waals surface area contributed by atoms with Gasteiger partial charge in [-0.15, -0.1) is 0 Å². The largest absolute Gasteiger partial charge is 0.346 e. The summed E-state index contributed by atoms with van der Waals surface area (Å²) in [4.78, 5) is 23.6. The van der Waals surface area contributed by atoms with Crippen LogP contribution in [0, 0.1) is 11.3 Å². The highest BCUT2D eigenvalue weighted by atomic mass is 16.2. The van der Waals surface area contributed by atoms with Crippen LogP contribution in [0.25, 0.3) is 0 Å². The number of aromatic nitrogens is 1. The third-order valence-electron chi connectivity index (χ3n) is 3.25. The second kappa shape index (κ2) is 6.06. The Morgan fingerprint density at radius 2 is 1.95 bits per heavy atom. The summed E-state index contributed by atoms with van der Waals surface area (Å²) in [5, 5.41) is 11.6. The van der Waals surface area contributed by atoms with Crippen molar-refractivity contribution in [1.29, 1.82) is 5.26 Å². The Bertz CT molecular complexity index is 754. The smallest absolute Gasteiger partial charge is 0.252 e. The zero-order valence-electron chi connectivity index (χ0n) is 11.8. The number of hydrogen-bond donors (Lipinski definition) is 1. The van der Waals surface area contributed by atoms with Crippen molar-refractivity contribution < 1.29 is 4.79 Å². The lowest BCUT2D eigenvalue weighted by Gasteiger charge is -2.14. The first-order valence-corrected chi connectivity index (χ1v) is 6.49. The number of benzene rings is 1. The van der Waals surface area contributed by atoms with Crippen molar-refractivity contribution in [1.82, 2.24) is 9.88 Å². The molecule has 5 nitrogen and oxygen atoms in total. The van der Waals surface area contributed by atoms with Gasteiger partial charge < -0.3 is 9.88 Å². The topological polar surface area (TPSA) is 74.9 Å². The highest BCUT2D eigenvalue weighted by Crippen LogP contribution is 2.13. The van der Waals surface area contributed by atoms with Crippen LogP contribution in [0.3, 0.4) is 0 Å². The zero-order chi connectivity index (χ0) is 15.4. The monoisotopic (exact) mass is 281 g/mol. The minimum Gasteiger partial charge on any atom is -0.346 e. The van der Waals surface area contributed by atoms with Gasteiger partial charge in [0, 0.05) is 24.9 Å². The average Bonchev–Trinajstić information content (AvgIpc) is 2.50. The molecule has 1 N–H and O–H groups in total. The Labute approximate surface area is 122 Å². The third-order valence-corrected chi connectivity index (χ3v) is 3.25. The lowest BCUT2D eigenvalue weighted by Crippen LogP contribution is -2.28. The van der Waals surface area contributed by atoms with E-state index in [0.29, 0.717) is 11.1 Å². The molecule has 0 aliphatic carbocycles. The first-order valence-electron chi connectivity index (χ1n) is 6.49.